The van der Waals surface area contributed by atoms with Gasteiger partial charge < -0.3 is 5.32 Å². The highest BCUT2D eigenvalue weighted by molar-refractivity contribution is 5.31. The molecule has 0 aliphatic carbocycles. The van der Waals surface area contributed by atoms with Crippen molar-refractivity contribution in [1.29, 1.82) is 0 Å². The van der Waals surface area contributed by atoms with Crippen LogP contribution >= 0.6 is 0 Å². The number of nitrogens with zero attached hydrogens (tertiary/aromatic N) is 1. The molecule has 1 aliphatic heterocycles. The van der Waals surface area contributed by atoms with E-state index in [1.165, 1.54) is 49.0 Å². The van der Waals surface area contributed by atoms with Gasteiger partial charge in [-0.1, -0.05) is 36.2 Å². The minimum atomic E-state index is 0.592. The molecule has 2 atom stereocenters. The van der Waals surface area contributed by atoms with Gasteiger partial charge in [-0.2, -0.15) is 0 Å². The summed E-state index contributed by atoms with van der Waals surface area (Å²) >= 11 is 0. The molecule has 1 aromatic carbocycles. The number of benzene rings is 1. The van der Waals surface area contributed by atoms with Gasteiger partial charge in [-0.25, -0.2) is 0 Å². The summed E-state index contributed by atoms with van der Waals surface area (Å²) in [6, 6.07) is 7.67. The molecular weight excluding hydrogens is 244 g/mol. The predicted molar refractivity (Wildman–Crippen MR) is 87.2 cm³/mol. The van der Waals surface area contributed by atoms with Crippen LogP contribution < -0.4 is 5.32 Å². The van der Waals surface area contributed by atoms with Crippen LogP contribution in [0.3, 0.4) is 0 Å². The van der Waals surface area contributed by atoms with Crippen LogP contribution in [0.1, 0.15) is 48.9 Å². The maximum atomic E-state index is 3.40. The lowest BCUT2D eigenvalue weighted by atomic mass is 9.83. The molecule has 1 fully saturated rings. The summed E-state index contributed by atoms with van der Waals surface area (Å²) in [5.74, 6) is 0.737. The van der Waals surface area contributed by atoms with Gasteiger partial charge in [-0.15, -0.1) is 0 Å². The van der Waals surface area contributed by atoms with Crippen molar-refractivity contribution >= 4 is 0 Å². The van der Waals surface area contributed by atoms with E-state index in [0.29, 0.717) is 6.04 Å². The lowest BCUT2D eigenvalue weighted by Crippen LogP contribution is -2.42. The number of hydrogen-bond acceptors (Lipinski definition) is 2. The Morgan fingerprint density at radius 1 is 1.20 bits per heavy atom. The van der Waals surface area contributed by atoms with Crippen LogP contribution in [0, 0.1) is 19.8 Å². The zero-order valence-electron chi connectivity index (χ0n) is 13.6. The number of rotatable bonds is 5. The van der Waals surface area contributed by atoms with E-state index in [4.69, 9.17) is 0 Å². The van der Waals surface area contributed by atoms with Crippen LogP contribution in [-0.2, 0) is 0 Å². The number of piperidine rings is 1. The van der Waals surface area contributed by atoms with Gasteiger partial charge in [0.25, 0.3) is 0 Å². The van der Waals surface area contributed by atoms with Crippen molar-refractivity contribution in [3.05, 3.63) is 34.9 Å². The standard InChI is InChI=1S/C18H30N2/c1-5-8-20-9-6-7-16(13-19-4)18(20)17-11-14(2)10-15(3)12-17/h10-12,16,18-19H,5-9,13H2,1-4H3. The van der Waals surface area contributed by atoms with Gasteiger partial charge in [0.1, 0.15) is 0 Å². The normalized spacial score (nSPS) is 24.0. The zero-order valence-corrected chi connectivity index (χ0v) is 13.6. The highest BCUT2D eigenvalue weighted by Crippen LogP contribution is 2.36. The van der Waals surface area contributed by atoms with Crippen LogP contribution in [0.5, 0.6) is 0 Å². The SMILES string of the molecule is CCCN1CCCC(CNC)C1c1cc(C)cc(C)c1. The van der Waals surface area contributed by atoms with Crippen LogP contribution in [0.2, 0.25) is 0 Å². The molecule has 112 valence electrons. The molecule has 1 saturated heterocycles. The molecule has 1 N–H and O–H groups in total. The molecule has 1 aromatic rings. The van der Waals surface area contributed by atoms with Gasteiger partial charge >= 0.3 is 0 Å². The molecule has 0 radical (unpaired) electrons. The maximum absolute atomic E-state index is 3.40. The van der Waals surface area contributed by atoms with E-state index in [1.807, 2.05) is 0 Å². The fraction of sp³-hybridized carbons (Fsp3) is 0.667. The van der Waals surface area contributed by atoms with Crippen LogP contribution in [-0.4, -0.2) is 31.6 Å². The summed E-state index contributed by atoms with van der Waals surface area (Å²) in [4.78, 5) is 2.71. The van der Waals surface area contributed by atoms with Crippen molar-refractivity contribution in [3.63, 3.8) is 0 Å². The number of hydrogen-bond donors (Lipinski definition) is 1. The molecule has 2 heteroatoms. The third kappa shape index (κ3) is 3.62. The average Bonchev–Trinajstić information content (AvgIpc) is 2.38. The maximum Gasteiger partial charge on any atom is 0.0388 e. The van der Waals surface area contributed by atoms with E-state index in [2.05, 4.69) is 56.2 Å². The van der Waals surface area contributed by atoms with Gasteiger partial charge in [-0.05, 0) is 71.3 Å². The Bertz CT molecular complexity index is 389. The molecule has 0 amide bonds. The van der Waals surface area contributed by atoms with Crippen LogP contribution in [0.25, 0.3) is 0 Å². The molecular formula is C18H30N2. The molecule has 20 heavy (non-hydrogen) atoms. The van der Waals surface area contributed by atoms with Crippen LogP contribution in [0.15, 0.2) is 18.2 Å². The van der Waals surface area contributed by atoms with E-state index in [-0.39, 0.29) is 0 Å². The Balaban J connectivity index is 2.32. The Hall–Kier alpha value is -0.860. The summed E-state index contributed by atoms with van der Waals surface area (Å²) in [7, 11) is 2.08. The predicted octanol–water partition coefficient (Wildman–Crippen LogP) is 3.69. The number of likely N-dealkylation sites (tertiary alicyclic amines) is 1. The van der Waals surface area contributed by atoms with Gasteiger partial charge in [0.2, 0.25) is 0 Å². The fourth-order valence-electron chi connectivity index (χ4n) is 3.83. The third-order valence-corrected chi connectivity index (χ3v) is 4.42. The van der Waals surface area contributed by atoms with Crippen molar-refractivity contribution < 1.29 is 0 Å². The zero-order chi connectivity index (χ0) is 14.5. The molecule has 2 unspecified atom stereocenters. The third-order valence-electron chi connectivity index (χ3n) is 4.42. The lowest BCUT2D eigenvalue weighted by Gasteiger charge is -2.42. The minimum absolute atomic E-state index is 0.592. The Kier molecular flexibility index (Phi) is 5.62. The van der Waals surface area contributed by atoms with E-state index in [0.717, 1.165) is 12.5 Å². The topological polar surface area (TPSA) is 15.3 Å². The summed E-state index contributed by atoms with van der Waals surface area (Å²) in [6.45, 7) is 10.3. The van der Waals surface area contributed by atoms with E-state index in [1.54, 1.807) is 0 Å². The van der Waals surface area contributed by atoms with Crippen molar-refractivity contribution in [2.45, 2.75) is 46.1 Å². The Morgan fingerprint density at radius 3 is 2.50 bits per heavy atom. The van der Waals surface area contributed by atoms with Crippen molar-refractivity contribution in [3.8, 4) is 0 Å². The van der Waals surface area contributed by atoms with Gasteiger partial charge in [0.05, 0.1) is 0 Å². The summed E-state index contributed by atoms with van der Waals surface area (Å²) in [5, 5.41) is 3.40. The highest BCUT2D eigenvalue weighted by atomic mass is 15.2. The molecule has 2 nitrogen and oxygen atoms in total. The number of aryl methyl sites for hydroxylation is 2. The second-order valence-electron chi connectivity index (χ2n) is 6.36. The molecule has 0 saturated carbocycles. The second-order valence-corrected chi connectivity index (χ2v) is 6.36. The van der Waals surface area contributed by atoms with E-state index >= 15 is 0 Å². The fourth-order valence-corrected chi connectivity index (χ4v) is 3.83. The minimum Gasteiger partial charge on any atom is -0.319 e. The summed E-state index contributed by atoms with van der Waals surface area (Å²) in [6.07, 6.45) is 3.93. The first-order chi connectivity index (χ1) is 9.65. The summed E-state index contributed by atoms with van der Waals surface area (Å²) in [5.41, 5.74) is 4.31. The van der Waals surface area contributed by atoms with E-state index < -0.39 is 0 Å². The molecule has 1 heterocycles. The van der Waals surface area contributed by atoms with Crippen molar-refractivity contribution in [2.75, 3.05) is 26.7 Å². The lowest BCUT2D eigenvalue weighted by molar-refractivity contribution is 0.0924. The number of nitrogens with one attached hydrogen (secondary N) is 1. The van der Waals surface area contributed by atoms with Gasteiger partial charge in [-0.3, -0.25) is 4.90 Å². The monoisotopic (exact) mass is 274 g/mol. The molecule has 2 rings (SSSR count). The molecule has 0 bridgehead atoms. The van der Waals surface area contributed by atoms with Gasteiger partial charge in [0, 0.05) is 6.04 Å². The molecule has 0 aromatic heterocycles. The average molecular weight is 274 g/mol. The molecule has 1 aliphatic rings. The van der Waals surface area contributed by atoms with Crippen LogP contribution in [0.4, 0.5) is 0 Å². The van der Waals surface area contributed by atoms with Crippen molar-refractivity contribution in [1.82, 2.24) is 10.2 Å². The largest absolute Gasteiger partial charge is 0.319 e. The first-order valence-electron chi connectivity index (χ1n) is 8.12. The second kappa shape index (κ2) is 7.24. The molecule has 0 spiro atoms. The first kappa shape index (κ1) is 15.5. The Labute approximate surface area is 124 Å². The summed E-state index contributed by atoms with van der Waals surface area (Å²) < 4.78 is 0. The first-order valence-corrected chi connectivity index (χ1v) is 8.12. The van der Waals surface area contributed by atoms with E-state index in [9.17, 15) is 0 Å². The van der Waals surface area contributed by atoms with Gasteiger partial charge in [0.15, 0.2) is 0 Å². The highest BCUT2D eigenvalue weighted by Gasteiger charge is 2.31. The van der Waals surface area contributed by atoms with Crippen molar-refractivity contribution in [2.24, 2.45) is 5.92 Å². The Morgan fingerprint density at radius 2 is 1.90 bits per heavy atom. The quantitative estimate of drug-likeness (QED) is 0.881. The smallest absolute Gasteiger partial charge is 0.0388 e.